The Morgan fingerprint density at radius 3 is 2.79 bits per heavy atom. The van der Waals surface area contributed by atoms with Crippen LogP contribution in [0.25, 0.3) is 17.3 Å². The standard InChI is InChI=1S/C11H6BrClN6/c12-8-3-1-2-7(4-8)9-16-10(13)18-11(17-9)19-6-14-5-15-19/h1-6H. The van der Waals surface area contributed by atoms with Crippen LogP contribution < -0.4 is 0 Å². The van der Waals surface area contributed by atoms with E-state index in [4.69, 9.17) is 11.6 Å². The third-order valence-electron chi connectivity index (χ3n) is 2.30. The summed E-state index contributed by atoms with van der Waals surface area (Å²) in [7, 11) is 0. The van der Waals surface area contributed by atoms with Crippen LogP contribution in [-0.2, 0) is 0 Å². The van der Waals surface area contributed by atoms with Crippen LogP contribution in [0, 0.1) is 0 Å². The zero-order valence-electron chi connectivity index (χ0n) is 9.40. The quantitative estimate of drug-likeness (QED) is 0.719. The van der Waals surface area contributed by atoms with Gasteiger partial charge in [0, 0.05) is 10.0 Å². The van der Waals surface area contributed by atoms with Crippen molar-refractivity contribution in [2.75, 3.05) is 0 Å². The van der Waals surface area contributed by atoms with Crippen molar-refractivity contribution in [1.29, 1.82) is 0 Å². The molecule has 2 heterocycles. The maximum atomic E-state index is 5.92. The zero-order valence-corrected chi connectivity index (χ0v) is 11.7. The van der Waals surface area contributed by atoms with Crippen LogP contribution >= 0.6 is 27.5 Å². The van der Waals surface area contributed by atoms with E-state index in [-0.39, 0.29) is 5.28 Å². The maximum absolute atomic E-state index is 5.92. The van der Waals surface area contributed by atoms with E-state index in [9.17, 15) is 0 Å². The molecule has 3 aromatic rings. The second-order valence-corrected chi connectivity index (χ2v) is 4.83. The Morgan fingerprint density at radius 2 is 2.05 bits per heavy atom. The lowest BCUT2D eigenvalue weighted by atomic mass is 10.2. The van der Waals surface area contributed by atoms with Gasteiger partial charge in [0.2, 0.25) is 5.28 Å². The number of nitrogens with zero attached hydrogens (tertiary/aromatic N) is 6. The molecule has 2 aromatic heterocycles. The predicted molar refractivity (Wildman–Crippen MR) is 72.9 cm³/mol. The average Bonchev–Trinajstić information content (AvgIpc) is 2.92. The second-order valence-electron chi connectivity index (χ2n) is 3.58. The van der Waals surface area contributed by atoms with Crippen molar-refractivity contribution >= 4 is 27.5 Å². The summed E-state index contributed by atoms with van der Waals surface area (Å²) >= 11 is 9.32. The average molecular weight is 338 g/mol. The Balaban J connectivity index is 2.12. The highest BCUT2D eigenvalue weighted by Gasteiger charge is 2.09. The van der Waals surface area contributed by atoms with E-state index in [0.29, 0.717) is 11.8 Å². The lowest BCUT2D eigenvalue weighted by molar-refractivity contribution is 0.796. The number of rotatable bonds is 2. The Kier molecular flexibility index (Phi) is 3.22. The predicted octanol–water partition coefficient (Wildman–Crippen LogP) is 2.54. The topological polar surface area (TPSA) is 69.4 Å². The summed E-state index contributed by atoms with van der Waals surface area (Å²) in [6.07, 6.45) is 2.90. The molecule has 0 spiro atoms. The van der Waals surface area contributed by atoms with Crippen molar-refractivity contribution in [1.82, 2.24) is 29.7 Å². The molecule has 1 aromatic carbocycles. The summed E-state index contributed by atoms with van der Waals surface area (Å²) in [5.74, 6) is 0.805. The third kappa shape index (κ3) is 2.61. The molecule has 0 N–H and O–H groups in total. The summed E-state index contributed by atoms with van der Waals surface area (Å²) in [5.41, 5.74) is 0.833. The number of halogens is 2. The molecule has 0 unspecified atom stereocenters. The van der Waals surface area contributed by atoms with Crippen molar-refractivity contribution in [3.8, 4) is 17.3 Å². The molecule has 3 rings (SSSR count). The first kappa shape index (κ1) is 12.2. The fourth-order valence-corrected chi connectivity index (χ4v) is 2.07. The molecular weight excluding hydrogens is 332 g/mol. The SMILES string of the molecule is Clc1nc(-c2cccc(Br)c2)nc(-n2cncn2)n1. The highest BCUT2D eigenvalue weighted by Crippen LogP contribution is 2.21. The van der Waals surface area contributed by atoms with Crippen molar-refractivity contribution in [3.63, 3.8) is 0 Å². The smallest absolute Gasteiger partial charge is 0.223 e. The minimum atomic E-state index is 0.107. The minimum absolute atomic E-state index is 0.107. The normalized spacial score (nSPS) is 10.6. The molecule has 0 fully saturated rings. The van der Waals surface area contributed by atoms with Gasteiger partial charge in [0.1, 0.15) is 12.7 Å². The van der Waals surface area contributed by atoms with E-state index < -0.39 is 0 Å². The van der Waals surface area contributed by atoms with Crippen LogP contribution in [0.15, 0.2) is 41.4 Å². The van der Waals surface area contributed by atoms with Crippen LogP contribution in [0.1, 0.15) is 0 Å². The molecule has 0 radical (unpaired) electrons. The van der Waals surface area contributed by atoms with Crippen molar-refractivity contribution in [3.05, 3.63) is 46.7 Å². The van der Waals surface area contributed by atoms with Crippen LogP contribution in [0.3, 0.4) is 0 Å². The molecule has 0 atom stereocenters. The van der Waals surface area contributed by atoms with E-state index in [1.807, 2.05) is 24.3 Å². The number of hydrogen-bond donors (Lipinski definition) is 0. The van der Waals surface area contributed by atoms with E-state index >= 15 is 0 Å². The second kappa shape index (κ2) is 5.02. The van der Waals surface area contributed by atoms with Gasteiger partial charge in [-0.1, -0.05) is 28.1 Å². The van der Waals surface area contributed by atoms with Crippen LogP contribution in [0.5, 0.6) is 0 Å². The highest BCUT2D eigenvalue weighted by molar-refractivity contribution is 9.10. The molecule has 0 saturated heterocycles. The summed E-state index contributed by atoms with van der Waals surface area (Å²) in [5, 5.41) is 4.07. The van der Waals surface area contributed by atoms with Gasteiger partial charge in [-0.05, 0) is 23.7 Å². The van der Waals surface area contributed by atoms with Gasteiger partial charge in [-0.15, -0.1) is 0 Å². The third-order valence-corrected chi connectivity index (χ3v) is 2.97. The van der Waals surface area contributed by atoms with E-state index in [1.165, 1.54) is 17.3 Å². The highest BCUT2D eigenvalue weighted by atomic mass is 79.9. The van der Waals surface area contributed by atoms with E-state index in [2.05, 4.69) is 41.0 Å². The molecule has 8 heteroatoms. The Labute approximate surface area is 121 Å². The number of aromatic nitrogens is 6. The first-order valence-electron chi connectivity index (χ1n) is 5.25. The summed E-state index contributed by atoms with van der Waals surface area (Å²) in [4.78, 5) is 16.3. The van der Waals surface area contributed by atoms with Crippen LogP contribution in [0.4, 0.5) is 0 Å². The number of benzene rings is 1. The molecule has 0 bridgehead atoms. The van der Waals surface area contributed by atoms with Gasteiger partial charge in [-0.25, -0.2) is 4.98 Å². The minimum Gasteiger partial charge on any atom is -0.223 e. The van der Waals surface area contributed by atoms with Gasteiger partial charge in [0.15, 0.2) is 5.82 Å². The van der Waals surface area contributed by atoms with Gasteiger partial charge < -0.3 is 0 Å². The van der Waals surface area contributed by atoms with Gasteiger partial charge in [0.05, 0.1) is 0 Å². The molecule has 19 heavy (non-hydrogen) atoms. The molecule has 0 aliphatic rings. The summed E-state index contributed by atoms with van der Waals surface area (Å²) in [6.45, 7) is 0. The molecular formula is C11H6BrClN6. The Bertz CT molecular complexity index is 715. The largest absolute Gasteiger partial charge is 0.256 e. The molecule has 0 amide bonds. The number of hydrogen-bond acceptors (Lipinski definition) is 5. The first-order valence-corrected chi connectivity index (χ1v) is 6.42. The van der Waals surface area contributed by atoms with E-state index in [0.717, 1.165) is 10.0 Å². The summed E-state index contributed by atoms with van der Waals surface area (Å²) < 4.78 is 2.36. The van der Waals surface area contributed by atoms with Crippen LogP contribution in [-0.4, -0.2) is 29.7 Å². The first-order chi connectivity index (χ1) is 9.22. The Morgan fingerprint density at radius 1 is 1.16 bits per heavy atom. The van der Waals surface area contributed by atoms with Gasteiger partial charge >= 0.3 is 0 Å². The lowest BCUT2D eigenvalue weighted by Gasteiger charge is -2.04. The van der Waals surface area contributed by atoms with E-state index in [1.54, 1.807) is 0 Å². The van der Waals surface area contributed by atoms with Crippen LogP contribution in [0.2, 0.25) is 5.28 Å². The molecule has 0 aliphatic heterocycles. The molecule has 6 nitrogen and oxygen atoms in total. The molecule has 0 saturated carbocycles. The summed E-state index contributed by atoms with van der Waals surface area (Å²) in [6, 6.07) is 7.61. The molecule has 0 aliphatic carbocycles. The fourth-order valence-electron chi connectivity index (χ4n) is 1.51. The van der Waals surface area contributed by atoms with Crippen molar-refractivity contribution < 1.29 is 0 Å². The van der Waals surface area contributed by atoms with Crippen molar-refractivity contribution in [2.24, 2.45) is 0 Å². The van der Waals surface area contributed by atoms with Gasteiger partial charge in [0.25, 0.3) is 5.95 Å². The zero-order chi connectivity index (χ0) is 13.2. The monoisotopic (exact) mass is 336 g/mol. The fraction of sp³-hybridized carbons (Fsp3) is 0. The lowest BCUT2D eigenvalue weighted by Crippen LogP contribution is -2.05. The maximum Gasteiger partial charge on any atom is 0.256 e. The molecule has 94 valence electrons. The van der Waals surface area contributed by atoms with Gasteiger partial charge in [-0.3, -0.25) is 0 Å². The Hall–Kier alpha value is -1.86. The van der Waals surface area contributed by atoms with Gasteiger partial charge in [-0.2, -0.15) is 24.7 Å². The van der Waals surface area contributed by atoms with Crippen molar-refractivity contribution in [2.45, 2.75) is 0 Å².